The van der Waals surface area contributed by atoms with Gasteiger partial charge in [-0.25, -0.2) is 4.63 Å². The van der Waals surface area contributed by atoms with Gasteiger partial charge in [-0.3, -0.25) is 0 Å². The molecule has 1 aromatic heterocycles. The van der Waals surface area contributed by atoms with Crippen molar-refractivity contribution in [2.45, 2.75) is 25.9 Å². The van der Waals surface area contributed by atoms with E-state index in [1.54, 1.807) is 13.8 Å². The lowest BCUT2D eigenvalue weighted by Gasteiger charge is -2.07. The highest BCUT2D eigenvalue weighted by molar-refractivity contribution is 5.17. The van der Waals surface area contributed by atoms with Gasteiger partial charge in [0.2, 0.25) is 0 Å². The van der Waals surface area contributed by atoms with Gasteiger partial charge in [-0.15, -0.1) is 0 Å². The summed E-state index contributed by atoms with van der Waals surface area (Å²) < 4.78 is 44.0. The number of alkyl halides is 3. The zero-order valence-corrected chi connectivity index (χ0v) is 7.63. The van der Waals surface area contributed by atoms with E-state index in [0.717, 1.165) is 0 Å². The standard InChI is InChI=1S/C7H9F3N2O2/c1-4(2)5-6(12-14-11-5)13-3-7(8,9)10/h4H,3H2,1-2H3. The molecule has 0 aliphatic carbocycles. The molecular weight excluding hydrogens is 201 g/mol. The molecule has 0 aromatic carbocycles. The maximum absolute atomic E-state index is 11.8. The van der Waals surface area contributed by atoms with Crippen LogP contribution < -0.4 is 4.74 Å². The van der Waals surface area contributed by atoms with Crippen molar-refractivity contribution in [3.8, 4) is 5.88 Å². The van der Waals surface area contributed by atoms with E-state index in [4.69, 9.17) is 0 Å². The Labute approximate surface area is 78.0 Å². The molecule has 0 N–H and O–H groups in total. The first-order chi connectivity index (χ1) is 6.40. The second-order valence-electron chi connectivity index (χ2n) is 3.01. The number of hydrogen-bond acceptors (Lipinski definition) is 4. The minimum absolute atomic E-state index is 0.0931. The van der Waals surface area contributed by atoms with Crippen molar-refractivity contribution in [2.24, 2.45) is 0 Å². The Hall–Kier alpha value is -1.27. The Morgan fingerprint density at radius 3 is 2.50 bits per heavy atom. The lowest BCUT2D eigenvalue weighted by atomic mass is 10.1. The van der Waals surface area contributed by atoms with E-state index < -0.39 is 12.8 Å². The third-order valence-corrected chi connectivity index (χ3v) is 1.40. The van der Waals surface area contributed by atoms with Crippen LogP contribution in [0.15, 0.2) is 4.63 Å². The van der Waals surface area contributed by atoms with E-state index >= 15 is 0 Å². The number of nitrogens with zero attached hydrogens (tertiary/aromatic N) is 2. The number of hydrogen-bond donors (Lipinski definition) is 0. The second kappa shape index (κ2) is 3.85. The van der Waals surface area contributed by atoms with Gasteiger partial charge in [0, 0.05) is 5.92 Å². The summed E-state index contributed by atoms with van der Waals surface area (Å²) in [4.78, 5) is 0. The highest BCUT2D eigenvalue weighted by Gasteiger charge is 2.30. The zero-order valence-electron chi connectivity index (χ0n) is 7.63. The van der Waals surface area contributed by atoms with Gasteiger partial charge in [-0.05, 0) is 5.16 Å². The molecule has 80 valence electrons. The molecule has 0 aliphatic rings. The van der Waals surface area contributed by atoms with Gasteiger partial charge >= 0.3 is 6.18 Å². The summed E-state index contributed by atoms with van der Waals surface area (Å²) in [6.45, 7) is 2.11. The molecule has 0 radical (unpaired) electrons. The molecule has 7 heteroatoms. The third-order valence-electron chi connectivity index (χ3n) is 1.40. The number of halogens is 3. The first-order valence-corrected chi connectivity index (χ1v) is 3.92. The fourth-order valence-corrected chi connectivity index (χ4v) is 0.790. The van der Waals surface area contributed by atoms with Crippen molar-refractivity contribution < 1.29 is 22.5 Å². The van der Waals surface area contributed by atoms with Crippen LogP contribution in [0.2, 0.25) is 0 Å². The summed E-state index contributed by atoms with van der Waals surface area (Å²) >= 11 is 0. The summed E-state index contributed by atoms with van der Waals surface area (Å²) in [5.41, 5.74) is 0.286. The molecule has 1 heterocycles. The summed E-state index contributed by atoms with van der Waals surface area (Å²) in [5, 5.41) is 6.67. The summed E-state index contributed by atoms with van der Waals surface area (Å²) in [7, 11) is 0. The molecular formula is C7H9F3N2O2. The number of aromatic nitrogens is 2. The highest BCUT2D eigenvalue weighted by atomic mass is 19.4. The smallest absolute Gasteiger partial charge is 0.422 e. The Morgan fingerprint density at radius 1 is 1.36 bits per heavy atom. The first kappa shape index (κ1) is 10.8. The van der Waals surface area contributed by atoms with Crippen molar-refractivity contribution in [3.63, 3.8) is 0 Å². The average molecular weight is 210 g/mol. The van der Waals surface area contributed by atoms with Crippen LogP contribution in [0.1, 0.15) is 25.5 Å². The number of ether oxygens (including phenoxy) is 1. The van der Waals surface area contributed by atoms with Gasteiger partial charge in [0.05, 0.1) is 0 Å². The van der Waals surface area contributed by atoms with Crippen LogP contribution >= 0.6 is 0 Å². The normalized spacial score (nSPS) is 12.1. The van der Waals surface area contributed by atoms with Gasteiger partial charge in [0.25, 0.3) is 5.88 Å². The Kier molecular flexibility index (Phi) is 2.97. The van der Waals surface area contributed by atoms with Gasteiger partial charge in [0.1, 0.15) is 0 Å². The van der Waals surface area contributed by atoms with Gasteiger partial charge in [0.15, 0.2) is 12.3 Å². The molecule has 0 saturated carbocycles. The molecule has 0 fully saturated rings. The van der Waals surface area contributed by atoms with E-state index in [9.17, 15) is 13.2 Å². The Bertz CT molecular complexity index is 295. The SMILES string of the molecule is CC(C)c1nonc1OCC(F)(F)F. The van der Waals surface area contributed by atoms with E-state index in [1.807, 2.05) is 0 Å². The topological polar surface area (TPSA) is 48.2 Å². The van der Waals surface area contributed by atoms with Crippen LogP contribution in [-0.4, -0.2) is 23.1 Å². The van der Waals surface area contributed by atoms with Crippen LogP contribution in [0.25, 0.3) is 0 Å². The predicted octanol–water partition coefficient (Wildman–Crippen LogP) is 2.13. The molecule has 0 spiro atoms. The molecule has 4 nitrogen and oxygen atoms in total. The minimum Gasteiger partial charge on any atom is -0.464 e. The van der Waals surface area contributed by atoms with Gasteiger partial charge < -0.3 is 4.74 Å². The molecule has 0 aliphatic heterocycles. The second-order valence-corrected chi connectivity index (χ2v) is 3.01. The van der Waals surface area contributed by atoms with E-state index in [1.165, 1.54) is 0 Å². The zero-order chi connectivity index (χ0) is 10.8. The monoisotopic (exact) mass is 210 g/mol. The van der Waals surface area contributed by atoms with Crippen molar-refractivity contribution in [2.75, 3.05) is 6.61 Å². The van der Waals surface area contributed by atoms with Crippen molar-refractivity contribution in [3.05, 3.63) is 5.69 Å². The van der Waals surface area contributed by atoms with Crippen LogP contribution in [0.3, 0.4) is 0 Å². The molecule has 0 atom stereocenters. The van der Waals surface area contributed by atoms with Crippen LogP contribution in [0, 0.1) is 0 Å². The van der Waals surface area contributed by atoms with Gasteiger partial charge in [-0.1, -0.05) is 19.0 Å². The quantitative estimate of drug-likeness (QED) is 0.766. The van der Waals surface area contributed by atoms with Crippen LogP contribution in [0.4, 0.5) is 13.2 Å². The summed E-state index contributed by atoms with van der Waals surface area (Å²) in [6, 6.07) is 0. The molecule has 14 heavy (non-hydrogen) atoms. The summed E-state index contributed by atoms with van der Waals surface area (Å²) in [5.74, 6) is -0.290. The fraction of sp³-hybridized carbons (Fsp3) is 0.714. The molecule has 1 rings (SSSR count). The molecule has 0 saturated heterocycles. The van der Waals surface area contributed by atoms with E-state index in [2.05, 4.69) is 19.7 Å². The molecule has 0 bridgehead atoms. The maximum Gasteiger partial charge on any atom is 0.422 e. The Balaban J connectivity index is 2.63. The summed E-state index contributed by atoms with van der Waals surface area (Å²) in [6.07, 6.45) is -4.38. The average Bonchev–Trinajstić information content (AvgIpc) is 2.46. The Morgan fingerprint density at radius 2 is 2.00 bits per heavy atom. The lowest BCUT2D eigenvalue weighted by Crippen LogP contribution is -2.19. The maximum atomic E-state index is 11.8. The molecule has 0 amide bonds. The van der Waals surface area contributed by atoms with Crippen molar-refractivity contribution in [1.29, 1.82) is 0 Å². The minimum atomic E-state index is -4.38. The van der Waals surface area contributed by atoms with Crippen LogP contribution in [0.5, 0.6) is 5.88 Å². The first-order valence-electron chi connectivity index (χ1n) is 3.92. The lowest BCUT2D eigenvalue weighted by molar-refractivity contribution is -0.154. The van der Waals surface area contributed by atoms with Crippen molar-refractivity contribution in [1.82, 2.24) is 10.3 Å². The van der Waals surface area contributed by atoms with E-state index in [0.29, 0.717) is 0 Å². The fourth-order valence-electron chi connectivity index (χ4n) is 0.790. The third kappa shape index (κ3) is 2.90. The largest absolute Gasteiger partial charge is 0.464 e. The number of rotatable bonds is 3. The van der Waals surface area contributed by atoms with Crippen LogP contribution in [-0.2, 0) is 0 Å². The van der Waals surface area contributed by atoms with E-state index in [-0.39, 0.29) is 17.5 Å². The molecule has 1 aromatic rings. The molecule has 0 unspecified atom stereocenters. The van der Waals surface area contributed by atoms with Gasteiger partial charge in [-0.2, -0.15) is 13.2 Å². The highest BCUT2D eigenvalue weighted by Crippen LogP contribution is 2.24. The van der Waals surface area contributed by atoms with Crippen molar-refractivity contribution >= 4 is 0 Å². The predicted molar refractivity (Wildman–Crippen MR) is 39.9 cm³/mol.